The molecule has 1 heterocycles. The van der Waals surface area contributed by atoms with Crippen molar-refractivity contribution < 1.29 is 28.2 Å². The number of fused-ring (bicyclic) bond motifs is 1. The van der Waals surface area contributed by atoms with Gasteiger partial charge >= 0.3 is 0 Å². The highest BCUT2D eigenvalue weighted by Gasteiger charge is 2.22. The third-order valence-corrected chi connectivity index (χ3v) is 4.70. The summed E-state index contributed by atoms with van der Waals surface area (Å²) in [5.41, 5.74) is 0.326. The van der Waals surface area contributed by atoms with Crippen molar-refractivity contribution in [3.8, 4) is 17.2 Å². The molecule has 8 heteroatoms. The maximum absolute atomic E-state index is 13.7. The minimum absolute atomic E-state index is 0.0587. The van der Waals surface area contributed by atoms with Crippen LogP contribution in [0, 0.1) is 5.82 Å². The van der Waals surface area contributed by atoms with E-state index < -0.39 is 11.7 Å². The van der Waals surface area contributed by atoms with Crippen molar-refractivity contribution in [3.63, 3.8) is 0 Å². The number of hydrogen-bond acceptors (Lipinski definition) is 5. The summed E-state index contributed by atoms with van der Waals surface area (Å²) in [6, 6.07) is 19.7. The van der Waals surface area contributed by atoms with Crippen molar-refractivity contribution in [1.29, 1.82) is 0 Å². The molecular formula is C24H21FN2O5. The number of nitrogens with one attached hydrogen (secondary N) is 2. The van der Waals surface area contributed by atoms with Crippen molar-refractivity contribution in [3.05, 3.63) is 84.2 Å². The fourth-order valence-corrected chi connectivity index (χ4v) is 3.14. The Kier molecular flexibility index (Phi) is 6.50. The van der Waals surface area contributed by atoms with Crippen LogP contribution >= 0.6 is 0 Å². The van der Waals surface area contributed by atoms with E-state index in [0.29, 0.717) is 18.1 Å². The fourth-order valence-electron chi connectivity index (χ4n) is 3.14. The predicted octanol–water partition coefficient (Wildman–Crippen LogP) is 3.41. The van der Waals surface area contributed by atoms with E-state index in [1.807, 2.05) is 18.2 Å². The van der Waals surface area contributed by atoms with Crippen LogP contribution in [0.3, 0.4) is 0 Å². The van der Waals surface area contributed by atoms with Crippen LogP contribution in [0.1, 0.15) is 10.4 Å². The van der Waals surface area contributed by atoms with E-state index in [-0.39, 0.29) is 42.2 Å². The number of para-hydroxylation sites is 4. The van der Waals surface area contributed by atoms with Gasteiger partial charge in [0.2, 0.25) is 0 Å². The van der Waals surface area contributed by atoms with E-state index in [2.05, 4.69) is 10.6 Å². The lowest BCUT2D eigenvalue weighted by molar-refractivity contribution is -0.118. The van der Waals surface area contributed by atoms with Crippen molar-refractivity contribution in [1.82, 2.24) is 5.32 Å². The monoisotopic (exact) mass is 436 g/mol. The number of carbonyl (C=O) groups is 2. The Morgan fingerprint density at radius 1 is 0.969 bits per heavy atom. The Morgan fingerprint density at radius 2 is 1.69 bits per heavy atom. The van der Waals surface area contributed by atoms with Crippen LogP contribution in [0.5, 0.6) is 17.2 Å². The summed E-state index contributed by atoms with van der Waals surface area (Å²) in [6.45, 7) is 0.163. The van der Waals surface area contributed by atoms with E-state index in [9.17, 15) is 14.0 Å². The summed E-state index contributed by atoms with van der Waals surface area (Å²) < 4.78 is 30.7. The SMILES string of the molecule is O=C(COc1ccccc1C(=O)NCC1COc2ccccc2O1)Nc1ccccc1F. The second-order valence-electron chi connectivity index (χ2n) is 7.02. The highest BCUT2D eigenvalue weighted by atomic mass is 19.1. The third-order valence-electron chi connectivity index (χ3n) is 4.70. The molecule has 0 bridgehead atoms. The van der Waals surface area contributed by atoms with Gasteiger partial charge in [0.15, 0.2) is 18.1 Å². The number of hydrogen-bond donors (Lipinski definition) is 2. The lowest BCUT2D eigenvalue weighted by Gasteiger charge is -2.26. The van der Waals surface area contributed by atoms with E-state index in [1.165, 1.54) is 18.2 Å². The van der Waals surface area contributed by atoms with Gasteiger partial charge in [0.25, 0.3) is 11.8 Å². The number of amides is 2. The summed E-state index contributed by atoms with van der Waals surface area (Å²) in [5, 5.41) is 5.24. The first kappa shape index (κ1) is 21.2. The molecule has 164 valence electrons. The molecule has 3 aromatic rings. The second-order valence-corrected chi connectivity index (χ2v) is 7.02. The minimum Gasteiger partial charge on any atom is -0.486 e. The summed E-state index contributed by atoms with van der Waals surface area (Å²) in [6.07, 6.45) is -0.339. The number of benzene rings is 3. The number of ether oxygens (including phenoxy) is 3. The van der Waals surface area contributed by atoms with Crippen LogP contribution in [0.15, 0.2) is 72.8 Å². The molecule has 0 radical (unpaired) electrons. The van der Waals surface area contributed by atoms with Crippen LogP contribution < -0.4 is 24.8 Å². The van der Waals surface area contributed by atoms with E-state index >= 15 is 0 Å². The van der Waals surface area contributed by atoms with Crippen LogP contribution in [-0.2, 0) is 4.79 Å². The van der Waals surface area contributed by atoms with Gasteiger partial charge in [0, 0.05) is 0 Å². The average Bonchev–Trinajstić information content (AvgIpc) is 2.82. The summed E-state index contributed by atoms with van der Waals surface area (Å²) in [5.74, 6) is 0.0661. The molecule has 0 spiro atoms. The molecule has 0 aromatic heterocycles. The average molecular weight is 436 g/mol. The smallest absolute Gasteiger partial charge is 0.262 e. The predicted molar refractivity (Wildman–Crippen MR) is 116 cm³/mol. The number of anilines is 1. The molecule has 7 nitrogen and oxygen atoms in total. The summed E-state index contributed by atoms with van der Waals surface area (Å²) in [4.78, 5) is 24.8. The molecule has 32 heavy (non-hydrogen) atoms. The van der Waals surface area contributed by atoms with E-state index in [4.69, 9.17) is 14.2 Å². The first-order chi connectivity index (χ1) is 15.6. The van der Waals surface area contributed by atoms with Gasteiger partial charge in [-0.15, -0.1) is 0 Å². The van der Waals surface area contributed by atoms with Crippen molar-refractivity contribution in [2.75, 3.05) is 25.1 Å². The molecule has 0 saturated heterocycles. The summed E-state index contributed by atoms with van der Waals surface area (Å²) in [7, 11) is 0. The van der Waals surface area contributed by atoms with Crippen LogP contribution in [0.2, 0.25) is 0 Å². The molecule has 2 N–H and O–H groups in total. The lowest BCUT2D eigenvalue weighted by Crippen LogP contribution is -2.40. The van der Waals surface area contributed by atoms with Gasteiger partial charge in [-0.05, 0) is 36.4 Å². The molecule has 1 atom stereocenters. The molecule has 0 aliphatic carbocycles. The Balaban J connectivity index is 1.32. The lowest BCUT2D eigenvalue weighted by atomic mass is 10.2. The van der Waals surface area contributed by atoms with Crippen LogP contribution in [-0.4, -0.2) is 37.7 Å². The fraction of sp³-hybridized carbons (Fsp3) is 0.167. The molecule has 4 rings (SSSR count). The van der Waals surface area contributed by atoms with E-state index in [0.717, 1.165) is 0 Å². The second kappa shape index (κ2) is 9.82. The molecule has 1 unspecified atom stereocenters. The molecule has 0 fully saturated rings. The van der Waals surface area contributed by atoms with Gasteiger partial charge < -0.3 is 24.8 Å². The Labute approximate surface area is 184 Å². The van der Waals surface area contributed by atoms with Crippen LogP contribution in [0.25, 0.3) is 0 Å². The van der Waals surface area contributed by atoms with Gasteiger partial charge in [0.1, 0.15) is 24.3 Å². The standard InChI is InChI=1S/C24H21FN2O5/c25-18-8-2-3-9-19(18)27-23(28)15-31-20-10-4-1-7-17(20)24(29)26-13-16-14-30-21-11-5-6-12-22(21)32-16/h1-12,16H,13-15H2,(H,26,29)(H,27,28). The first-order valence-corrected chi connectivity index (χ1v) is 10.0. The van der Waals surface area contributed by atoms with Crippen LogP contribution in [0.4, 0.5) is 10.1 Å². The molecule has 0 saturated carbocycles. The normalized spacial score (nSPS) is 14.3. The maximum Gasteiger partial charge on any atom is 0.262 e. The van der Waals surface area contributed by atoms with Crippen molar-refractivity contribution >= 4 is 17.5 Å². The number of carbonyl (C=O) groups excluding carboxylic acids is 2. The third kappa shape index (κ3) is 5.15. The van der Waals surface area contributed by atoms with Crippen molar-refractivity contribution in [2.45, 2.75) is 6.10 Å². The molecule has 3 aromatic carbocycles. The van der Waals surface area contributed by atoms with Gasteiger partial charge in [-0.2, -0.15) is 0 Å². The highest BCUT2D eigenvalue weighted by molar-refractivity contribution is 5.97. The quantitative estimate of drug-likeness (QED) is 0.593. The topological polar surface area (TPSA) is 85.9 Å². The molecule has 1 aliphatic rings. The van der Waals surface area contributed by atoms with Gasteiger partial charge in [-0.3, -0.25) is 9.59 Å². The van der Waals surface area contributed by atoms with E-state index in [1.54, 1.807) is 36.4 Å². The van der Waals surface area contributed by atoms with Gasteiger partial charge in [-0.1, -0.05) is 36.4 Å². The first-order valence-electron chi connectivity index (χ1n) is 10.0. The molecule has 1 aliphatic heterocycles. The maximum atomic E-state index is 13.7. The molecule has 2 amide bonds. The van der Waals surface area contributed by atoms with Gasteiger partial charge in [-0.25, -0.2) is 4.39 Å². The number of rotatable bonds is 7. The largest absolute Gasteiger partial charge is 0.486 e. The Morgan fingerprint density at radius 3 is 2.53 bits per heavy atom. The summed E-state index contributed by atoms with van der Waals surface area (Å²) >= 11 is 0. The zero-order chi connectivity index (χ0) is 22.3. The van der Waals surface area contributed by atoms with Gasteiger partial charge in [0.05, 0.1) is 17.8 Å². The highest BCUT2D eigenvalue weighted by Crippen LogP contribution is 2.30. The number of halogens is 1. The molecular weight excluding hydrogens is 415 g/mol. The zero-order valence-corrected chi connectivity index (χ0v) is 17.0. The minimum atomic E-state index is -0.545. The van der Waals surface area contributed by atoms with Crippen molar-refractivity contribution in [2.24, 2.45) is 0 Å². The Hall–Kier alpha value is -4.07. The Bertz CT molecular complexity index is 1120. The zero-order valence-electron chi connectivity index (χ0n) is 17.0.